The second-order valence-corrected chi connectivity index (χ2v) is 7.01. The van der Waals surface area contributed by atoms with Crippen LogP contribution in [0.15, 0.2) is 80.2 Å². The first kappa shape index (κ1) is 23.1. The van der Waals surface area contributed by atoms with E-state index < -0.39 is 14.2 Å². The highest BCUT2D eigenvalue weighted by Gasteiger charge is 2.15. The fourth-order valence-corrected chi connectivity index (χ4v) is 2.85. The van der Waals surface area contributed by atoms with Gasteiger partial charge in [0.2, 0.25) is 17.7 Å². The van der Waals surface area contributed by atoms with Gasteiger partial charge in [0.15, 0.2) is 5.76 Å². The van der Waals surface area contributed by atoms with Gasteiger partial charge in [-0.2, -0.15) is 0 Å². The summed E-state index contributed by atoms with van der Waals surface area (Å²) in [5, 5.41) is 51.2. The first-order valence-electron chi connectivity index (χ1n) is 10.0. The molecule has 170 valence electrons. The van der Waals surface area contributed by atoms with Gasteiger partial charge in [-0.15, -0.1) is 20.4 Å². The third kappa shape index (κ3) is 5.47. The lowest BCUT2D eigenvalue weighted by molar-refractivity contribution is 0.424. The highest BCUT2D eigenvalue weighted by atomic mass is 16.4. The highest BCUT2D eigenvalue weighted by Crippen LogP contribution is 2.23. The van der Waals surface area contributed by atoms with Crippen LogP contribution in [0, 0.1) is 6.92 Å². The van der Waals surface area contributed by atoms with Gasteiger partial charge < -0.3 is 33.3 Å². The SMILES string of the molecule is Cc1nnc(-c2ccc(B(O)O)cc2)o1.OB(O)c1ccc(-c2nnc(-c3ccco3)o2)cc1. The van der Waals surface area contributed by atoms with E-state index in [4.69, 9.17) is 33.3 Å². The molecule has 0 bridgehead atoms. The molecule has 0 fully saturated rings. The van der Waals surface area contributed by atoms with Gasteiger partial charge in [-0.3, -0.25) is 0 Å². The van der Waals surface area contributed by atoms with E-state index in [0.29, 0.717) is 45.8 Å². The van der Waals surface area contributed by atoms with Crippen LogP contribution in [0.1, 0.15) is 5.89 Å². The summed E-state index contributed by atoms with van der Waals surface area (Å²) in [5.74, 6) is 2.06. The molecule has 5 rings (SSSR count). The van der Waals surface area contributed by atoms with Crippen molar-refractivity contribution in [1.29, 1.82) is 0 Å². The van der Waals surface area contributed by atoms with Crippen LogP contribution in [0.25, 0.3) is 34.6 Å². The first-order valence-corrected chi connectivity index (χ1v) is 10.0. The van der Waals surface area contributed by atoms with Crippen LogP contribution in [0.2, 0.25) is 0 Å². The van der Waals surface area contributed by atoms with E-state index in [2.05, 4.69) is 20.4 Å². The zero-order valence-electron chi connectivity index (χ0n) is 17.8. The molecule has 0 saturated heterocycles. The zero-order valence-corrected chi connectivity index (χ0v) is 17.8. The van der Waals surface area contributed by atoms with Gasteiger partial charge in [-0.1, -0.05) is 24.3 Å². The third-order valence-corrected chi connectivity index (χ3v) is 4.59. The van der Waals surface area contributed by atoms with Gasteiger partial charge in [0, 0.05) is 18.1 Å². The highest BCUT2D eigenvalue weighted by molar-refractivity contribution is 6.58. The molecule has 11 nitrogen and oxygen atoms in total. The summed E-state index contributed by atoms with van der Waals surface area (Å²) in [5.41, 5.74) is 2.26. The maximum absolute atomic E-state index is 9.01. The number of nitrogens with zero attached hydrogens (tertiary/aromatic N) is 4. The molecule has 0 saturated carbocycles. The van der Waals surface area contributed by atoms with E-state index in [1.165, 1.54) is 6.26 Å². The Morgan fingerprint density at radius 2 is 1.12 bits per heavy atom. The fraction of sp³-hybridized carbons (Fsp3) is 0.0476. The lowest BCUT2D eigenvalue weighted by Gasteiger charge is -1.99. The van der Waals surface area contributed by atoms with Crippen LogP contribution in [-0.4, -0.2) is 54.7 Å². The number of aromatic nitrogens is 4. The molecule has 3 aromatic heterocycles. The lowest BCUT2D eigenvalue weighted by atomic mass is 9.80. The standard InChI is InChI=1S/C12H9BN2O4.C9H9BN2O3/c16-13(17)9-5-3-8(4-6-9)11-14-15-12(19-11)10-2-1-7-18-10;1-6-11-12-9(15-6)7-2-4-8(5-3-7)10(13)14/h1-7,16-17H;2-5,13-14H,1H3. The van der Waals surface area contributed by atoms with Crippen molar-refractivity contribution in [2.24, 2.45) is 0 Å². The van der Waals surface area contributed by atoms with E-state index in [1.807, 2.05) is 0 Å². The molecule has 5 aromatic rings. The number of hydrogen-bond donors (Lipinski definition) is 4. The van der Waals surface area contributed by atoms with Gasteiger partial charge >= 0.3 is 14.2 Å². The fourth-order valence-electron chi connectivity index (χ4n) is 2.85. The van der Waals surface area contributed by atoms with Gasteiger partial charge in [-0.25, -0.2) is 0 Å². The van der Waals surface area contributed by atoms with E-state index in [1.54, 1.807) is 67.6 Å². The van der Waals surface area contributed by atoms with Crippen LogP contribution < -0.4 is 10.9 Å². The van der Waals surface area contributed by atoms with E-state index >= 15 is 0 Å². The quantitative estimate of drug-likeness (QED) is 0.268. The minimum atomic E-state index is -1.49. The van der Waals surface area contributed by atoms with Crippen molar-refractivity contribution in [3.05, 3.63) is 72.8 Å². The maximum Gasteiger partial charge on any atom is 0.488 e. The predicted octanol–water partition coefficient (Wildman–Crippen LogP) is 0.401. The zero-order chi connectivity index (χ0) is 24.1. The Bertz CT molecular complexity index is 1320. The second kappa shape index (κ2) is 10.3. The average molecular weight is 460 g/mol. The molecule has 0 aliphatic carbocycles. The molecule has 0 aliphatic heterocycles. The number of rotatable bonds is 5. The minimum absolute atomic E-state index is 0.297. The van der Waals surface area contributed by atoms with E-state index in [-0.39, 0.29) is 0 Å². The van der Waals surface area contributed by atoms with Crippen LogP contribution in [0.4, 0.5) is 0 Å². The Morgan fingerprint density at radius 1 is 0.618 bits per heavy atom. The Hall–Kier alpha value is -4.03. The Labute approximate surface area is 193 Å². The van der Waals surface area contributed by atoms with Crippen molar-refractivity contribution in [2.75, 3.05) is 0 Å². The largest absolute Gasteiger partial charge is 0.488 e. The average Bonchev–Trinajstić information content (AvgIpc) is 3.61. The number of hydrogen-bond acceptors (Lipinski definition) is 11. The number of aryl methyl sites for hydroxylation is 1. The van der Waals surface area contributed by atoms with Crippen molar-refractivity contribution >= 4 is 25.2 Å². The number of furan rings is 1. The molecule has 34 heavy (non-hydrogen) atoms. The summed E-state index contributed by atoms with van der Waals surface area (Å²) in [6.45, 7) is 1.71. The normalized spacial score (nSPS) is 10.5. The Kier molecular flexibility index (Phi) is 6.99. The van der Waals surface area contributed by atoms with Crippen LogP contribution in [-0.2, 0) is 0 Å². The molecule has 4 N–H and O–H groups in total. The van der Waals surface area contributed by atoms with Crippen molar-refractivity contribution in [1.82, 2.24) is 20.4 Å². The van der Waals surface area contributed by atoms with Crippen LogP contribution >= 0.6 is 0 Å². The predicted molar refractivity (Wildman–Crippen MR) is 122 cm³/mol. The summed E-state index contributed by atoms with van der Waals surface area (Å²) < 4.78 is 15.9. The molecule has 0 spiro atoms. The maximum atomic E-state index is 9.01. The van der Waals surface area contributed by atoms with Crippen molar-refractivity contribution in [2.45, 2.75) is 6.92 Å². The lowest BCUT2D eigenvalue weighted by Crippen LogP contribution is -2.29. The molecule has 3 heterocycles. The smallest absolute Gasteiger partial charge is 0.459 e. The molecule has 0 aliphatic rings. The summed E-state index contributed by atoms with van der Waals surface area (Å²) in [7, 11) is -2.95. The topological polar surface area (TPSA) is 172 Å². The summed E-state index contributed by atoms with van der Waals surface area (Å²) in [4.78, 5) is 0. The van der Waals surface area contributed by atoms with Crippen LogP contribution in [0.5, 0.6) is 0 Å². The van der Waals surface area contributed by atoms with Gasteiger partial charge in [-0.05, 0) is 47.3 Å². The monoisotopic (exact) mass is 460 g/mol. The third-order valence-electron chi connectivity index (χ3n) is 4.59. The van der Waals surface area contributed by atoms with Crippen molar-refractivity contribution < 1.29 is 33.3 Å². The molecule has 0 radical (unpaired) electrons. The van der Waals surface area contributed by atoms with Crippen LogP contribution in [0.3, 0.4) is 0 Å². The van der Waals surface area contributed by atoms with Crippen molar-refractivity contribution in [3.8, 4) is 34.6 Å². The minimum Gasteiger partial charge on any atom is -0.459 e. The van der Waals surface area contributed by atoms with Gasteiger partial charge in [0.25, 0.3) is 5.89 Å². The Balaban J connectivity index is 0.000000166. The molecule has 0 atom stereocenters. The molecule has 0 amide bonds. The van der Waals surface area contributed by atoms with Crippen molar-refractivity contribution in [3.63, 3.8) is 0 Å². The first-order chi connectivity index (χ1) is 16.4. The summed E-state index contributed by atoms with van der Waals surface area (Å²) in [6.07, 6.45) is 1.52. The molecule has 2 aromatic carbocycles. The summed E-state index contributed by atoms with van der Waals surface area (Å²) in [6, 6.07) is 16.6. The Morgan fingerprint density at radius 3 is 1.56 bits per heavy atom. The second-order valence-electron chi connectivity index (χ2n) is 7.01. The number of benzene rings is 2. The molecule has 13 heteroatoms. The molecule has 0 unspecified atom stereocenters. The molecular weight excluding hydrogens is 442 g/mol. The molecular formula is C21H18B2N4O7. The van der Waals surface area contributed by atoms with E-state index in [0.717, 1.165) is 5.56 Å². The summed E-state index contributed by atoms with van der Waals surface area (Å²) >= 11 is 0. The van der Waals surface area contributed by atoms with Gasteiger partial charge in [0.05, 0.1) is 6.26 Å². The van der Waals surface area contributed by atoms with E-state index in [9.17, 15) is 0 Å². The van der Waals surface area contributed by atoms with Gasteiger partial charge in [0.1, 0.15) is 0 Å².